The van der Waals surface area contributed by atoms with Crippen LogP contribution in [-0.2, 0) is 6.54 Å². The van der Waals surface area contributed by atoms with Crippen molar-refractivity contribution in [2.75, 3.05) is 6.54 Å². The van der Waals surface area contributed by atoms with E-state index in [0.29, 0.717) is 12.1 Å². The molecule has 0 radical (unpaired) electrons. The number of fused-ring (bicyclic) bond motifs is 1. The van der Waals surface area contributed by atoms with Crippen molar-refractivity contribution in [2.24, 2.45) is 0 Å². The van der Waals surface area contributed by atoms with Crippen LogP contribution in [0.4, 0.5) is 0 Å². The third kappa shape index (κ3) is 2.79. The summed E-state index contributed by atoms with van der Waals surface area (Å²) >= 11 is 0. The molecule has 3 aromatic rings. The molecule has 0 bridgehead atoms. The summed E-state index contributed by atoms with van der Waals surface area (Å²) in [5.74, 6) is -0.0648. The first-order chi connectivity index (χ1) is 10.3. The van der Waals surface area contributed by atoms with Crippen molar-refractivity contribution >= 4 is 16.8 Å². The largest absolute Gasteiger partial charge is 0.350 e. The highest BCUT2D eigenvalue weighted by atomic mass is 16.1. The summed E-state index contributed by atoms with van der Waals surface area (Å²) < 4.78 is 2.16. The summed E-state index contributed by atoms with van der Waals surface area (Å²) in [7, 11) is 0. The lowest BCUT2D eigenvalue weighted by molar-refractivity contribution is 0.0952. The van der Waals surface area contributed by atoms with Crippen molar-refractivity contribution < 1.29 is 4.79 Å². The second-order valence-corrected chi connectivity index (χ2v) is 5.01. The van der Waals surface area contributed by atoms with Gasteiger partial charge in [0, 0.05) is 48.1 Å². The fourth-order valence-electron chi connectivity index (χ4n) is 2.47. The second kappa shape index (κ2) is 5.79. The number of carbonyl (C=O) groups excluding carboxylic acids is 1. The maximum Gasteiger partial charge on any atom is 0.251 e. The van der Waals surface area contributed by atoms with Gasteiger partial charge in [-0.25, -0.2) is 0 Å². The number of benzene rings is 1. The second-order valence-electron chi connectivity index (χ2n) is 5.01. The SMILES string of the molecule is Cc1cccc2c1ccn2CCNC(=O)c1ccncc1. The molecule has 4 heteroatoms. The highest BCUT2D eigenvalue weighted by Crippen LogP contribution is 2.19. The molecule has 0 unspecified atom stereocenters. The lowest BCUT2D eigenvalue weighted by atomic mass is 10.1. The van der Waals surface area contributed by atoms with Crippen LogP contribution < -0.4 is 5.32 Å². The summed E-state index contributed by atoms with van der Waals surface area (Å²) in [4.78, 5) is 15.8. The van der Waals surface area contributed by atoms with E-state index in [4.69, 9.17) is 0 Å². The van der Waals surface area contributed by atoms with Gasteiger partial charge in [-0.2, -0.15) is 0 Å². The molecule has 2 aromatic heterocycles. The Kier molecular flexibility index (Phi) is 3.69. The van der Waals surface area contributed by atoms with Gasteiger partial charge < -0.3 is 9.88 Å². The molecule has 0 saturated heterocycles. The van der Waals surface area contributed by atoms with Crippen molar-refractivity contribution in [3.05, 3.63) is 66.1 Å². The Hall–Kier alpha value is -2.62. The summed E-state index contributed by atoms with van der Waals surface area (Å²) in [5, 5.41) is 4.19. The van der Waals surface area contributed by atoms with Crippen LogP contribution in [-0.4, -0.2) is 22.0 Å². The summed E-state index contributed by atoms with van der Waals surface area (Å²) in [6.45, 7) is 3.46. The molecule has 0 aliphatic rings. The first-order valence-electron chi connectivity index (χ1n) is 6.98. The molecule has 21 heavy (non-hydrogen) atoms. The average Bonchev–Trinajstić information content (AvgIpc) is 2.93. The van der Waals surface area contributed by atoms with E-state index in [1.165, 1.54) is 16.5 Å². The van der Waals surface area contributed by atoms with Crippen LogP contribution in [0, 0.1) is 6.92 Å². The topological polar surface area (TPSA) is 46.9 Å². The molecule has 106 valence electrons. The maximum atomic E-state index is 11.9. The van der Waals surface area contributed by atoms with Gasteiger partial charge in [-0.1, -0.05) is 12.1 Å². The summed E-state index contributed by atoms with van der Waals surface area (Å²) in [6.07, 6.45) is 5.31. The molecule has 0 spiro atoms. The van der Waals surface area contributed by atoms with Crippen LogP contribution >= 0.6 is 0 Å². The molecule has 0 fully saturated rings. The number of hydrogen-bond donors (Lipinski definition) is 1. The van der Waals surface area contributed by atoms with E-state index < -0.39 is 0 Å². The number of amides is 1. The predicted octanol–water partition coefficient (Wildman–Crippen LogP) is 2.77. The molecule has 0 aliphatic heterocycles. The van der Waals surface area contributed by atoms with Gasteiger partial charge in [-0.3, -0.25) is 9.78 Å². The van der Waals surface area contributed by atoms with Gasteiger partial charge >= 0.3 is 0 Å². The van der Waals surface area contributed by atoms with Gasteiger partial charge in [0.2, 0.25) is 0 Å². The van der Waals surface area contributed by atoms with Crippen molar-refractivity contribution in [1.82, 2.24) is 14.9 Å². The first-order valence-corrected chi connectivity index (χ1v) is 6.98. The van der Waals surface area contributed by atoms with E-state index in [1.54, 1.807) is 24.5 Å². The molecule has 3 rings (SSSR count). The first kappa shape index (κ1) is 13.4. The smallest absolute Gasteiger partial charge is 0.251 e. The molecule has 1 aromatic carbocycles. The van der Waals surface area contributed by atoms with E-state index >= 15 is 0 Å². The van der Waals surface area contributed by atoms with Gasteiger partial charge in [0.05, 0.1) is 0 Å². The van der Waals surface area contributed by atoms with Crippen LogP contribution in [0.1, 0.15) is 15.9 Å². The maximum absolute atomic E-state index is 11.9. The van der Waals surface area contributed by atoms with Gasteiger partial charge in [0.25, 0.3) is 5.91 Å². The number of aromatic nitrogens is 2. The highest BCUT2D eigenvalue weighted by molar-refractivity contribution is 5.93. The predicted molar refractivity (Wildman–Crippen MR) is 83.2 cm³/mol. The number of carbonyl (C=O) groups is 1. The Morgan fingerprint density at radius 1 is 1.19 bits per heavy atom. The van der Waals surface area contributed by atoms with Crippen molar-refractivity contribution in [1.29, 1.82) is 0 Å². The minimum Gasteiger partial charge on any atom is -0.350 e. The van der Waals surface area contributed by atoms with E-state index in [1.807, 2.05) is 0 Å². The summed E-state index contributed by atoms with van der Waals surface area (Å²) in [6, 6.07) is 11.8. The number of aryl methyl sites for hydroxylation is 1. The molecular formula is C17H17N3O. The van der Waals surface area contributed by atoms with E-state index in [2.05, 4.69) is 52.3 Å². The highest BCUT2D eigenvalue weighted by Gasteiger charge is 2.05. The standard InChI is InChI=1S/C17H17N3O/c1-13-3-2-4-16-15(13)7-11-20(16)12-10-19-17(21)14-5-8-18-9-6-14/h2-9,11H,10,12H2,1H3,(H,19,21). The number of nitrogens with one attached hydrogen (secondary N) is 1. The Labute approximate surface area is 123 Å². The Morgan fingerprint density at radius 3 is 2.81 bits per heavy atom. The zero-order valence-corrected chi connectivity index (χ0v) is 11.9. The molecule has 0 atom stereocenters. The van der Waals surface area contributed by atoms with E-state index in [0.717, 1.165) is 6.54 Å². The summed E-state index contributed by atoms with van der Waals surface area (Å²) in [5.41, 5.74) is 3.11. The number of pyridine rings is 1. The molecule has 1 amide bonds. The molecule has 1 N–H and O–H groups in total. The number of hydrogen-bond acceptors (Lipinski definition) is 2. The molecule has 0 saturated carbocycles. The minimum absolute atomic E-state index is 0.0648. The lowest BCUT2D eigenvalue weighted by Gasteiger charge is -2.08. The quantitative estimate of drug-likeness (QED) is 0.798. The fourth-order valence-corrected chi connectivity index (χ4v) is 2.47. The normalized spacial score (nSPS) is 10.7. The van der Waals surface area contributed by atoms with Crippen LogP contribution in [0.5, 0.6) is 0 Å². The Morgan fingerprint density at radius 2 is 2.00 bits per heavy atom. The van der Waals surface area contributed by atoms with Crippen molar-refractivity contribution in [3.63, 3.8) is 0 Å². The third-order valence-corrected chi connectivity index (χ3v) is 3.61. The monoisotopic (exact) mass is 279 g/mol. The zero-order valence-electron chi connectivity index (χ0n) is 11.9. The Balaban J connectivity index is 1.65. The van der Waals surface area contributed by atoms with Gasteiger partial charge in [-0.05, 0) is 36.8 Å². The van der Waals surface area contributed by atoms with Gasteiger partial charge in [-0.15, -0.1) is 0 Å². The van der Waals surface area contributed by atoms with Crippen molar-refractivity contribution in [2.45, 2.75) is 13.5 Å². The number of nitrogens with zero attached hydrogens (tertiary/aromatic N) is 2. The van der Waals surface area contributed by atoms with Crippen LogP contribution in [0.15, 0.2) is 55.0 Å². The third-order valence-electron chi connectivity index (χ3n) is 3.61. The van der Waals surface area contributed by atoms with Gasteiger partial charge in [0.15, 0.2) is 0 Å². The lowest BCUT2D eigenvalue weighted by Crippen LogP contribution is -2.27. The van der Waals surface area contributed by atoms with Crippen LogP contribution in [0.3, 0.4) is 0 Å². The fraction of sp³-hybridized carbons (Fsp3) is 0.176. The average molecular weight is 279 g/mol. The van der Waals surface area contributed by atoms with Crippen LogP contribution in [0.25, 0.3) is 10.9 Å². The minimum atomic E-state index is -0.0648. The van der Waals surface area contributed by atoms with Gasteiger partial charge in [0.1, 0.15) is 0 Å². The Bertz CT molecular complexity index is 762. The molecule has 4 nitrogen and oxygen atoms in total. The molecular weight excluding hydrogens is 262 g/mol. The van der Waals surface area contributed by atoms with E-state index in [-0.39, 0.29) is 5.91 Å². The van der Waals surface area contributed by atoms with Crippen LogP contribution in [0.2, 0.25) is 0 Å². The van der Waals surface area contributed by atoms with Crippen molar-refractivity contribution in [3.8, 4) is 0 Å². The number of rotatable bonds is 4. The van der Waals surface area contributed by atoms with E-state index in [9.17, 15) is 4.79 Å². The zero-order chi connectivity index (χ0) is 14.7. The molecule has 0 aliphatic carbocycles. The molecule has 2 heterocycles.